The normalized spacial score (nSPS) is 18.0. The monoisotopic (exact) mass is 371 g/mol. The number of rotatable bonds is 5. The molecule has 4 rings (SSSR count). The van der Waals surface area contributed by atoms with Gasteiger partial charge in [0.15, 0.2) is 5.60 Å². The van der Waals surface area contributed by atoms with E-state index in [1.807, 2.05) is 6.92 Å². The van der Waals surface area contributed by atoms with E-state index in [2.05, 4.69) is 15.0 Å². The summed E-state index contributed by atoms with van der Waals surface area (Å²) in [6.45, 7) is 2.43. The smallest absolute Gasteiger partial charge is 0.415 e. The highest BCUT2D eigenvalue weighted by molar-refractivity contribution is 5.57. The Hall–Kier alpha value is -3.56. The van der Waals surface area contributed by atoms with Crippen molar-refractivity contribution in [3.05, 3.63) is 58.9 Å². The van der Waals surface area contributed by atoms with E-state index in [0.29, 0.717) is 23.6 Å². The molecule has 3 aromatic heterocycles. The Labute approximate surface area is 152 Å². The number of fused-ring (bicyclic) bond motifs is 1. The number of halogens is 1. The standard InChI is InChI=1S/C17H14FN5O4/c1-17(9-22-8-15(23(24)25)21-16(22)27-17)10-26-12-3-4-13(19-7-12)11-2-5-14(18)20-6-11/h2-8H,9-10H2,1H3. The Morgan fingerprint density at radius 3 is 2.81 bits per heavy atom. The van der Waals surface area contributed by atoms with Gasteiger partial charge in [0.1, 0.15) is 18.6 Å². The van der Waals surface area contributed by atoms with Crippen LogP contribution < -0.4 is 9.47 Å². The Morgan fingerprint density at radius 1 is 1.33 bits per heavy atom. The van der Waals surface area contributed by atoms with Crippen LogP contribution in [0.3, 0.4) is 0 Å². The second-order valence-electron chi connectivity index (χ2n) is 6.36. The van der Waals surface area contributed by atoms with Crippen molar-refractivity contribution in [2.24, 2.45) is 0 Å². The molecule has 0 saturated heterocycles. The lowest BCUT2D eigenvalue weighted by Gasteiger charge is -2.22. The van der Waals surface area contributed by atoms with Gasteiger partial charge in [-0.25, -0.2) is 4.98 Å². The van der Waals surface area contributed by atoms with Crippen molar-refractivity contribution in [2.75, 3.05) is 6.61 Å². The van der Waals surface area contributed by atoms with Crippen LogP contribution in [0.5, 0.6) is 11.8 Å². The van der Waals surface area contributed by atoms with Crippen LogP contribution in [0, 0.1) is 16.1 Å². The van der Waals surface area contributed by atoms with E-state index in [-0.39, 0.29) is 18.4 Å². The maximum Gasteiger partial charge on any atom is 0.415 e. The van der Waals surface area contributed by atoms with Gasteiger partial charge in [-0.2, -0.15) is 4.39 Å². The van der Waals surface area contributed by atoms with Crippen LogP contribution in [0.4, 0.5) is 10.2 Å². The molecule has 27 heavy (non-hydrogen) atoms. The fourth-order valence-corrected chi connectivity index (χ4v) is 2.76. The van der Waals surface area contributed by atoms with E-state index in [9.17, 15) is 14.5 Å². The fraction of sp³-hybridized carbons (Fsp3) is 0.235. The van der Waals surface area contributed by atoms with Gasteiger partial charge >= 0.3 is 11.8 Å². The van der Waals surface area contributed by atoms with Crippen molar-refractivity contribution in [3.8, 4) is 23.0 Å². The van der Waals surface area contributed by atoms with Crippen molar-refractivity contribution < 1.29 is 18.8 Å². The second-order valence-corrected chi connectivity index (χ2v) is 6.36. The summed E-state index contributed by atoms with van der Waals surface area (Å²) >= 11 is 0. The van der Waals surface area contributed by atoms with Gasteiger partial charge in [0.2, 0.25) is 5.95 Å². The van der Waals surface area contributed by atoms with E-state index >= 15 is 0 Å². The third-order valence-corrected chi connectivity index (χ3v) is 4.06. The molecule has 1 atom stereocenters. The predicted molar refractivity (Wildman–Crippen MR) is 90.8 cm³/mol. The molecule has 0 N–H and O–H groups in total. The second kappa shape index (κ2) is 6.31. The number of aromatic nitrogens is 4. The first-order valence-corrected chi connectivity index (χ1v) is 8.03. The molecule has 0 spiro atoms. The minimum Gasteiger partial charge on any atom is -0.488 e. The van der Waals surface area contributed by atoms with Gasteiger partial charge < -0.3 is 19.6 Å². The summed E-state index contributed by atoms with van der Waals surface area (Å²) in [7, 11) is 0. The summed E-state index contributed by atoms with van der Waals surface area (Å²) in [5.74, 6) is -0.258. The van der Waals surface area contributed by atoms with Gasteiger partial charge in [0.05, 0.1) is 18.4 Å². The van der Waals surface area contributed by atoms with E-state index in [1.54, 1.807) is 29.0 Å². The van der Waals surface area contributed by atoms with Crippen LogP contribution in [-0.4, -0.2) is 36.7 Å². The van der Waals surface area contributed by atoms with Gasteiger partial charge in [-0.3, -0.25) is 9.55 Å². The molecular formula is C17H14FN5O4. The summed E-state index contributed by atoms with van der Waals surface area (Å²) in [6, 6.07) is 6.56. The minimum absolute atomic E-state index is 0.199. The molecule has 1 unspecified atom stereocenters. The molecule has 4 heterocycles. The Morgan fingerprint density at radius 2 is 2.19 bits per heavy atom. The van der Waals surface area contributed by atoms with Crippen molar-refractivity contribution in [1.29, 1.82) is 0 Å². The zero-order valence-corrected chi connectivity index (χ0v) is 14.2. The summed E-state index contributed by atoms with van der Waals surface area (Å²) in [5, 5.41) is 10.7. The average Bonchev–Trinajstić information content (AvgIpc) is 3.17. The van der Waals surface area contributed by atoms with Crippen LogP contribution in [0.15, 0.2) is 42.9 Å². The lowest BCUT2D eigenvalue weighted by molar-refractivity contribution is -0.389. The van der Waals surface area contributed by atoms with Crippen LogP contribution in [0.2, 0.25) is 0 Å². The number of nitro groups is 1. The first-order valence-electron chi connectivity index (χ1n) is 8.03. The topological polar surface area (TPSA) is 105 Å². The molecule has 10 heteroatoms. The van der Waals surface area contributed by atoms with Gasteiger partial charge in [-0.1, -0.05) is 0 Å². The zero-order valence-electron chi connectivity index (χ0n) is 14.2. The van der Waals surface area contributed by atoms with E-state index in [1.165, 1.54) is 18.5 Å². The molecule has 0 bridgehead atoms. The van der Waals surface area contributed by atoms with Gasteiger partial charge in [-0.15, -0.1) is 0 Å². The van der Waals surface area contributed by atoms with Crippen molar-refractivity contribution in [3.63, 3.8) is 0 Å². The Kier molecular flexibility index (Phi) is 3.94. The van der Waals surface area contributed by atoms with E-state index in [0.717, 1.165) is 0 Å². The van der Waals surface area contributed by atoms with Gasteiger partial charge in [-0.05, 0) is 36.1 Å². The Balaban J connectivity index is 1.39. The minimum atomic E-state index is -0.697. The number of hydrogen-bond acceptors (Lipinski definition) is 7. The molecule has 1 aliphatic rings. The molecule has 0 amide bonds. The maximum atomic E-state index is 12.9. The first-order chi connectivity index (χ1) is 12.9. The molecule has 9 nitrogen and oxygen atoms in total. The van der Waals surface area contributed by atoms with Crippen molar-refractivity contribution in [1.82, 2.24) is 19.5 Å². The highest BCUT2D eigenvalue weighted by Crippen LogP contribution is 2.31. The molecule has 0 aromatic carbocycles. The maximum absolute atomic E-state index is 12.9. The van der Waals surface area contributed by atoms with Crippen molar-refractivity contribution in [2.45, 2.75) is 19.1 Å². The number of imidazole rings is 1. The van der Waals surface area contributed by atoms with Crippen LogP contribution in [-0.2, 0) is 6.54 Å². The highest BCUT2D eigenvalue weighted by Gasteiger charge is 2.41. The van der Waals surface area contributed by atoms with Crippen LogP contribution in [0.1, 0.15) is 6.92 Å². The van der Waals surface area contributed by atoms with Crippen LogP contribution in [0.25, 0.3) is 11.3 Å². The third-order valence-electron chi connectivity index (χ3n) is 4.06. The molecule has 138 valence electrons. The quantitative estimate of drug-likeness (QED) is 0.386. The Bertz CT molecular complexity index is 964. The number of nitrogens with zero attached hydrogens (tertiary/aromatic N) is 5. The fourth-order valence-electron chi connectivity index (χ4n) is 2.76. The molecule has 0 saturated carbocycles. The summed E-state index contributed by atoms with van der Waals surface area (Å²) in [4.78, 5) is 21.9. The summed E-state index contributed by atoms with van der Waals surface area (Å²) < 4.78 is 25.9. The highest BCUT2D eigenvalue weighted by atomic mass is 19.1. The average molecular weight is 371 g/mol. The SMILES string of the molecule is CC1(COc2ccc(-c3ccc(F)nc3)nc2)Cn2cc([N+](=O)[O-])nc2O1. The largest absolute Gasteiger partial charge is 0.488 e. The molecule has 0 aliphatic carbocycles. The molecular weight excluding hydrogens is 357 g/mol. The van der Waals surface area contributed by atoms with E-state index < -0.39 is 16.5 Å². The summed E-state index contributed by atoms with van der Waals surface area (Å²) in [6.07, 6.45) is 4.31. The number of ether oxygens (including phenoxy) is 2. The molecule has 0 fully saturated rings. The predicted octanol–water partition coefficient (Wildman–Crippen LogP) is 2.62. The van der Waals surface area contributed by atoms with E-state index in [4.69, 9.17) is 9.47 Å². The van der Waals surface area contributed by atoms with Gasteiger partial charge in [0, 0.05) is 16.7 Å². The van der Waals surface area contributed by atoms with Crippen LogP contribution >= 0.6 is 0 Å². The number of hydrogen-bond donors (Lipinski definition) is 0. The molecule has 3 aromatic rings. The lowest BCUT2D eigenvalue weighted by Crippen LogP contribution is -2.38. The number of pyridine rings is 2. The van der Waals surface area contributed by atoms with Crippen molar-refractivity contribution >= 4 is 5.82 Å². The molecule has 1 aliphatic heterocycles. The third kappa shape index (κ3) is 3.41. The zero-order chi connectivity index (χ0) is 19.0. The molecule has 0 radical (unpaired) electrons. The first kappa shape index (κ1) is 16.9. The lowest BCUT2D eigenvalue weighted by atomic mass is 10.1. The van der Waals surface area contributed by atoms with Gasteiger partial charge in [0.25, 0.3) is 0 Å². The summed E-state index contributed by atoms with van der Waals surface area (Å²) in [5.41, 5.74) is 0.642.